The summed E-state index contributed by atoms with van der Waals surface area (Å²) in [4.78, 5) is 10.6. The van der Waals surface area contributed by atoms with Crippen molar-refractivity contribution in [3.8, 4) is 11.5 Å². The van der Waals surface area contributed by atoms with Gasteiger partial charge in [0.1, 0.15) is 11.5 Å². The van der Waals surface area contributed by atoms with E-state index in [0.29, 0.717) is 11.7 Å². The van der Waals surface area contributed by atoms with Gasteiger partial charge in [0.05, 0.1) is 6.61 Å². The van der Waals surface area contributed by atoms with Gasteiger partial charge in [0.15, 0.2) is 6.61 Å². The van der Waals surface area contributed by atoms with Crippen LogP contribution in [0.4, 0.5) is 0 Å². The Kier molecular flexibility index (Phi) is 4.21. The van der Waals surface area contributed by atoms with Gasteiger partial charge in [-0.05, 0) is 35.8 Å². The summed E-state index contributed by atoms with van der Waals surface area (Å²) in [5, 5.41) is 8.66. The van der Waals surface area contributed by atoms with Crippen molar-refractivity contribution in [2.24, 2.45) is 5.92 Å². The Bertz CT molecular complexity index is 484. The molecule has 0 aromatic heterocycles. The van der Waals surface area contributed by atoms with Gasteiger partial charge in [0.2, 0.25) is 0 Å². The molecule has 2 rings (SSSR count). The number of ether oxygens (including phenoxy) is 2. The Morgan fingerprint density at radius 2 is 2.00 bits per heavy atom. The number of carboxylic acid groups (broad SMARTS) is 1. The minimum atomic E-state index is -0.981. The van der Waals surface area contributed by atoms with E-state index in [2.05, 4.69) is 20.8 Å². The van der Waals surface area contributed by atoms with Gasteiger partial charge in [0, 0.05) is 6.07 Å². The van der Waals surface area contributed by atoms with Crippen molar-refractivity contribution in [3.63, 3.8) is 0 Å². The van der Waals surface area contributed by atoms with Gasteiger partial charge in [-0.1, -0.05) is 26.8 Å². The fourth-order valence-corrected chi connectivity index (χ4v) is 1.97. The predicted octanol–water partition coefficient (Wildman–Crippen LogP) is 3.24. The minimum absolute atomic E-state index is 0.0236. The quantitative estimate of drug-likeness (QED) is 0.868. The Morgan fingerprint density at radius 3 is 2.55 bits per heavy atom. The summed E-state index contributed by atoms with van der Waals surface area (Å²) >= 11 is 0. The smallest absolute Gasteiger partial charge is 0.341 e. The first-order valence-electron chi connectivity index (χ1n) is 6.98. The molecule has 20 heavy (non-hydrogen) atoms. The molecule has 1 saturated carbocycles. The lowest BCUT2D eigenvalue weighted by Gasteiger charge is -2.23. The van der Waals surface area contributed by atoms with Crippen LogP contribution >= 0.6 is 0 Å². The number of aliphatic carboxylic acids is 1. The lowest BCUT2D eigenvalue weighted by atomic mass is 9.86. The average molecular weight is 278 g/mol. The molecule has 0 atom stereocenters. The molecule has 1 aliphatic rings. The van der Waals surface area contributed by atoms with Crippen LogP contribution in [0.1, 0.15) is 39.2 Å². The van der Waals surface area contributed by atoms with Gasteiger partial charge < -0.3 is 14.6 Å². The minimum Gasteiger partial charge on any atom is -0.493 e. The standard InChI is InChI=1S/C16H22O4/c1-16(2,3)13-7-6-12(19-10-15(17)18)8-14(13)20-9-11-4-5-11/h6-8,11H,4-5,9-10H2,1-3H3,(H,17,18). The maximum atomic E-state index is 10.6. The van der Waals surface area contributed by atoms with Crippen LogP contribution in [0.2, 0.25) is 0 Å². The monoisotopic (exact) mass is 278 g/mol. The molecule has 0 radical (unpaired) electrons. The van der Waals surface area contributed by atoms with Crippen LogP contribution in [-0.2, 0) is 10.2 Å². The zero-order valence-corrected chi connectivity index (χ0v) is 12.3. The molecule has 1 aromatic carbocycles. The molecule has 0 spiro atoms. The summed E-state index contributed by atoms with van der Waals surface area (Å²) in [6.45, 7) is 6.78. The van der Waals surface area contributed by atoms with Crippen LogP contribution in [0.15, 0.2) is 18.2 Å². The van der Waals surface area contributed by atoms with E-state index in [1.54, 1.807) is 12.1 Å². The van der Waals surface area contributed by atoms with Crippen molar-refractivity contribution in [1.29, 1.82) is 0 Å². The molecule has 1 aromatic rings. The van der Waals surface area contributed by atoms with Crippen molar-refractivity contribution < 1.29 is 19.4 Å². The van der Waals surface area contributed by atoms with Crippen LogP contribution in [0, 0.1) is 5.92 Å². The van der Waals surface area contributed by atoms with Crippen LogP contribution in [0.5, 0.6) is 11.5 Å². The number of hydrogen-bond acceptors (Lipinski definition) is 3. The van der Waals surface area contributed by atoms with Crippen molar-refractivity contribution >= 4 is 5.97 Å². The van der Waals surface area contributed by atoms with E-state index >= 15 is 0 Å². The second kappa shape index (κ2) is 5.73. The van der Waals surface area contributed by atoms with Crippen LogP contribution in [-0.4, -0.2) is 24.3 Å². The molecular formula is C16H22O4. The number of benzene rings is 1. The third kappa shape index (κ3) is 4.15. The van der Waals surface area contributed by atoms with E-state index in [0.717, 1.165) is 17.9 Å². The number of hydrogen-bond donors (Lipinski definition) is 1. The first-order chi connectivity index (χ1) is 9.36. The Labute approximate surface area is 119 Å². The average Bonchev–Trinajstić information content (AvgIpc) is 3.16. The molecule has 0 saturated heterocycles. The fraction of sp³-hybridized carbons (Fsp3) is 0.562. The summed E-state index contributed by atoms with van der Waals surface area (Å²) in [5.74, 6) is 1.02. The number of rotatable bonds is 6. The normalized spacial score (nSPS) is 14.9. The zero-order chi connectivity index (χ0) is 14.8. The third-order valence-corrected chi connectivity index (χ3v) is 3.29. The maximum absolute atomic E-state index is 10.6. The van der Waals surface area contributed by atoms with E-state index in [9.17, 15) is 4.79 Å². The SMILES string of the molecule is CC(C)(C)c1ccc(OCC(=O)O)cc1OCC1CC1. The Morgan fingerprint density at radius 1 is 1.30 bits per heavy atom. The van der Waals surface area contributed by atoms with Gasteiger partial charge in [-0.15, -0.1) is 0 Å². The lowest BCUT2D eigenvalue weighted by Crippen LogP contribution is -2.15. The molecule has 110 valence electrons. The Hall–Kier alpha value is -1.71. The first-order valence-corrected chi connectivity index (χ1v) is 6.98. The molecule has 1 fully saturated rings. The summed E-state index contributed by atoms with van der Waals surface area (Å²) in [6.07, 6.45) is 2.47. The van der Waals surface area contributed by atoms with E-state index < -0.39 is 5.97 Å². The van der Waals surface area contributed by atoms with E-state index in [4.69, 9.17) is 14.6 Å². The molecule has 4 nitrogen and oxygen atoms in total. The molecule has 1 N–H and O–H groups in total. The van der Waals surface area contributed by atoms with Crippen LogP contribution < -0.4 is 9.47 Å². The molecule has 0 unspecified atom stereocenters. The van der Waals surface area contributed by atoms with E-state index in [-0.39, 0.29) is 12.0 Å². The predicted molar refractivity (Wildman–Crippen MR) is 76.5 cm³/mol. The maximum Gasteiger partial charge on any atom is 0.341 e. The third-order valence-electron chi connectivity index (χ3n) is 3.29. The lowest BCUT2D eigenvalue weighted by molar-refractivity contribution is -0.139. The summed E-state index contributed by atoms with van der Waals surface area (Å²) in [5.41, 5.74) is 1.09. The first kappa shape index (κ1) is 14.7. The largest absolute Gasteiger partial charge is 0.493 e. The molecular weight excluding hydrogens is 256 g/mol. The highest BCUT2D eigenvalue weighted by molar-refractivity contribution is 5.68. The summed E-state index contributed by atoms with van der Waals surface area (Å²) in [7, 11) is 0. The van der Waals surface area contributed by atoms with Crippen molar-refractivity contribution in [2.75, 3.05) is 13.2 Å². The summed E-state index contributed by atoms with van der Waals surface area (Å²) in [6, 6.07) is 5.55. The molecule has 0 amide bonds. The molecule has 1 aliphatic carbocycles. The second-order valence-electron chi connectivity index (χ2n) is 6.34. The highest BCUT2D eigenvalue weighted by Gasteiger charge is 2.24. The molecule has 0 bridgehead atoms. The van der Waals surface area contributed by atoms with E-state index in [1.165, 1.54) is 12.8 Å². The van der Waals surface area contributed by atoms with Gasteiger partial charge in [-0.2, -0.15) is 0 Å². The van der Waals surface area contributed by atoms with Gasteiger partial charge >= 0.3 is 5.97 Å². The fourth-order valence-electron chi connectivity index (χ4n) is 1.97. The highest BCUT2D eigenvalue weighted by atomic mass is 16.5. The second-order valence-corrected chi connectivity index (χ2v) is 6.34. The van der Waals surface area contributed by atoms with Crippen LogP contribution in [0.25, 0.3) is 0 Å². The topological polar surface area (TPSA) is 55.8 Å². The van der Waals surface area contributed by atoms with Crippen LogP contribution in [0.3, 0.4) is 0 Å². The van der Waals surface area contributed by atoms with Crippen molar-refractivity contribution in [3.05, 3.63) is 23.8 Å². The van der Waals surface area contributed by atoms with Gasteiger partial charge in [0.25, 0.3) is 0 Å². The Balaban J connectivity index is 2.16. The number of carboxylic acids is 1. The molecule has 0 aliphatic heterocycles. The highest BCUT2D eigenvalue weighted by Crippen LogP contribution is 2.36. The van der Waals surface area contributed by atoms with Crippen molar-refractivity contribution in [2.45, 2.75) is 39.0 Å². The molecule has 4 heteroatoms. The zero-order valence-electron chi connectivity index (χ0n) is 12.3. The van der Waals surface area contributed by atoms with Gasteiger partial charge in [-0.3, -0.25) is 0 Å². The van der Waals surface area contributed by atoms with Crippen molar-refractivity contribution in [1.82, 2.24) is 0 Å². The summed E-state index contributed by atoms with van der Waals surface area (Å²) < 4.78 is 11.1. The molecule has 0 heterocycles. The van der Waals surface area contributed by atoms with Gasteiger partial charge in [-0.25, -0.2) is 4.79 Å². The number of carbonyl (C=O) groups is 1. The van der Waals surface area contributed by atoms with E-state index in [1.807, 2.05) is 6.07 Å².